The number of likely N-dealkylation sites (tertiary alicyclic amines) is 1. The van der Waals surface area contributed by atoms with E-state index in [2.05, 4.69) is 4.90 Å². The van der Waals surface area contributed by atoms with Crippen molar-refractivity contribution in [3.8, 4) is 0 Å². The van der Waals surface area contributed by atoms with Crippen LogP contribution in [-0.4, -0.2) is 72.7 Å². The summed E-state index contributed by atoms with van der Waals surface area (Å²) >= 11 is 0. The van der Waals surface area contributed by atoms with E-state index >= 15 is 0 Å². The van der Waals surface area contributed by atoms with Gasteiger partial charge in [-0.2, -0.15) is 0 Å². The number of rotatable bonds is 6. The number of piperidine rings is 1. The molecule has 2 heterocycles. The molecule has 6 nitrogen and oxygen atoms in total. The van der Waals surface area contributed by atoms with Crippen LogP contribution in [0.5, 0.6) is 0 Å². The summed E-state index contributed by atoms with van der Waals surface area (Å²) < 4.78 is 18.5. The quantitative estimate of drug-likeness (QED) is 0.821. The van der Waals surface area contributed by atoms with Crippen LogP contribution in [0.1, 0.15) is 29.6 Å². The highest BCUT2D eigenvalue weighted by Gasteiger charge is 2.33. The van der Waals surface area contributed by atoms with Gasteiger partial charge in [-0.05, 0) is 55.5 Å². The lowest BCUT2D eigenvalue weighted by Gasteiger charge is -2.39. The number of hydrogen-bond acceptors (Lipinski definition) is 4. The predicted molar refractivity (Wildman–Crippen MR) is 98.0 cm³/mol. The first-order valence-corrected chi connectivity index (χ1v) is 9.59. The molecular formula is C20H27FN2O4. The highest BCUT2D eigenvalue weighted by Crippen LogP contribution is 2.30. The number of amides is 1. The molecule has 148 valence electrons. The van der Waals surface area contributed by atoms with Gasteiger partial charge in [0, 0.05) is 38.2 Å². The first kappa shape index (κ1) is 19.8. The number of aliphatic carboxylic acids is 1. The summed E-state index contributed by atoms with van der Waals surface area (Å²) in [5.74, 6) is -1.02. The molecule has 7 heteroatoms. The summed E-state index contributed by atoms with van der Waals surface area (Å²) in [7, 11) is 0. The smallest absolute Gasteiger partial charge is 0.303 e. The van der Waals surface area contributed by atoms with Crippen molar-refractivity contribution in [1.82, 2.24) is 9.80 Å². The third kappa shape index (κ3) is 5.49. The average molecular weight is 378 g/mol. The second-order valence-electron chi connectivity index (χ2n) is 7.41. The van der Waals surface area contributed by atoms with Gasteiger partial charge in [-0.1, -0.05) is 0 Å². The molecule has 0 aromatic heterocycles. The number of morpholine rings is 1. The van der Waals surface area contributed by atoms with Crippen LogP contribution in [0.3, 0.4) is 0 Å². The maximum atomic E-state index is 13.1. The van der Waals surface area contributed by atoms with Crippen molar-refractivity contribution < 1.29 is 23.8 Å². The number of carbonyl (C=O) groups is 2. The Morgan fingerprint density at radius 3 is 2.48 bits per heavy atom. The molecule has 2 unspecified atom stereocenters. The molecule has 2 saturated heterocycles. The van der Waals surface area contributed by atoms with Crippen molar-refractivity contribution in [3.63, 3.8) is 0 Å². The number of nitrogens with zero attached hydrogens (tertiary/aromatic N) is 2. The molecule has 2 atom stereocenters. The summed E-state index contributed by atoms with van der Waals surface area (Å²) in [6, 6.07) is 5.59. The van der Waals surface area contributed by atoms with Gasteiger partial charge >= 0.3 is 5.97 Å². The van der Waals surface area contributed by atoms with Crippen LogP contribution in [0, 0.1) is 17.7 Å². The lowest BCUT2D eigenvalue weighted by Crippen LogP contribution is -2.46. The first-order valence-electron chi connectivity index (χ1n) is 9.59. The molecule has 0 aliphatic carbocycles. The van der Waals surface area contributed by atoms with E-state index in [0.717, 1.165) is 39.3 Å². The molecule has 0 bridgehead atoms. The summed E-state index contributed by atoms with van der Waals surface area (Å²) in [5.41, 5.74) is 0.472. The molecule has 0 radical (unpaired) electrons. The zero-order chi connectivity index (χ0) is 19.2. The molecule has 2 fully saturated rings. The number of carboxylic acids is 1. The minimum atomic E-state index is -0.783. The van der Waals surface area contributed by atoms with Gasteiger partial charge in [-0.3, -0.25) is 14.5 Å². The molecule has 0 saturated carbocycles. The third-order valence-electron chi connectivity index (χ3n) is 5.63. The minimum Gasteiger partial charge on any atom is -0.481 e. The van der Waals surface area contributed by atoms with Gasteiger partial charge < -0.3 is 14.7 Å². The Labute approximate surface area is 158 Å². The van der Waals surface area contributed by atoms with Crippen LogP contribution in [0.4, 0.5) is 4.39 Å². The fourth-order valence-corrected chi connectivity index (χ4v) is 4.03. The van der Waals surface area contributed by atoms with Gasteiger partial charge in [-0.15, -0.1) is 0 Å². The molecule has 1 aromatic rings. The first-order chi connectivity index (χ1) is 13.0. The zero-order valence-corrected chi connectivity index (χ0v) is 15.5. The van der Waals surface area contributed by atoms with Gasteiger partial charge in [0.05, 0.1) is 13.2 Å². The summed E-state index contributed by atoms with van der Waals surface area (Å²) in [6.07, 6.45) is 1.70. The van der Waals surface area contributed by atoms with E-state index in [0.29, 0.717) is 25.1 Å². The molecule has 2 aliphatic heterocycles. The summed E-state index contributed by atoms with van der Waals surface area (Å²) in [5, 5.41) is 9.24. The fourth-order valence-electron chi connectivity index (χ4n) is 4.03. The monoisotopic (exact) mass is 378 g/mol. The topological polar surface area (TPSA) is 70.1 Å². The predicted octanol–water partition coefficient (Wildman–Crippen LogP) is 2.10. The number of ether oxygens (including phenoxy) is 1. The minimum absolute atomic E-state index is 0.0841. The Balaban J connectivity index is 1.63. The number of benzene rings is 1. The zero-order valence-electron chi connectivity index (χ0n) is 15.5. The van der Waals surface area contributed by atoms with Crippen LogP contribution >= 0.6 is 0 Å². The number of carboxylic acid groups (broad SMARTS) is 1. The number of hydrogen-bond donors (Lipinski definition) is 1. The average Bonchev–Trinajstić information content (AvgIpc) is 2.67. The van der Waals surface area contributed by atoms with Crippen molar-refractivity contribution in [2.45, 2.75) is 19.3 Å². The molecule has 1 N–H and O–H groups in total. The third-order valence-corrected chi connectivity index (χ3v) is 5.63. The van der Waals surface area contributed by atoms with Crippen molar-refractivity contribution in [3.05, 3.63) is 35.6 Å². The Kier molecular flexibility index (Phi) is 6.79. The largest absolute Gasteiger partial charge is 0.481 e. The Morgan fingerprint density at radius 2 is 1.81 bits per heavy atom. The Morgan fingerprint density at radius 1 is 1.11 bits per heavy atom. The molecule has 0 spiro atoms. The highest BCUT2D eigenvalue weighted by molar-refractivity contribution is 5.94. The van der Waals surface area contributed by atoms with Crippen LogP contribution in [0.25, 0.3) is 0 Å². The summed E-state index contributed by atoms with van der Waals surface area (Å²) in [6.45, 7) is 5.25. The molecule has 27 heavy (non-hydrogen) atoms. The second-order valence-corrected chi connectivity index (χ2v) is 7.41. The van der Waals surface area contributed by atoms with Crippen molar-refractivity contribution in [2.75, 3.05) is 45.9 Å². The fraction of sp³-hybridized carbons (Fsp3) is 0.600. The molecule has 1 amide bonds. The van der Waals surface area contributed by atoms with Crippen molar-refractivity contribution >= 4 is 11.9 Å². The van der Waals surface area contributed by atoms with E-state index in [1.54, 1.807) is 4.90 Å². The van der Waals surface area contributed by atoms with Gasteiger partial charge in [0.15, 0.2) is 0 Å². The molecule has 2 aliphatic rings. The van der Waals surface area contributed by atoms with E-state index in [-0.39, 0.29) is 30.0 Å². The van der Waals surface area contributed by atoms with Crippen molar-refractivity contribution in [2.24, 2.45) is 11.8 Å². The number of halogens is 1. The van der Waals surface area contributed by atoms with Crippen LogP contribution in [0.2, 0.25) is 0 Å². The standard InChI is InChI=1S/C20H27FN2O4/c21-18-3-1-15(2-4-18)20(26)23-8-6-16(13-19(24)25)17(14-23)5-7-22-9-11-27-12-10-22/h1-4,16-17H,5-14H2,(H,24,25). The van der Waals surface area contributed by atoms with Crippen LogP contribution in [-0.2, 0) is 9.53 Å². The van der Waals surface area contributed by atoms with E-state index < -0.39 is 5.97 Å². The highest BCUT2D eigenvalue weighted by atomic mass is 19.1. The van der Waals surface area contributed by atoms with E-state index in [9.17, 15) is 19.1 Å². The SMILES string of the molecule is O=C(O)CC1CCN(C(=O)c2ccc(F)cc2)CC1CCN1CCOCC1. The molecule has 3 rings (SSSR count). The van der Waals surface area contributed by atoms with Crippen LogP contribution in [0.15, 0.2) is 24.3 Å². The van der Waals surface area contributed by atoms with Gasteiger partial charge in [0.25, 0.3) is 5.91 Å². The van der Waals surface area contributed by atoms with E-state index in [1.807, 2.05) is 0 Å². The Hall–Kier alpha value is -1.99. The molecule has 1 aromatic carbocycles. The lowest BCUT2D eigenvalue weighted by molar-refractivity contribution is -0.139. The van der Waals surface area contributed by atoms with Gasteiger partial charge in [-0.25, -0.2) is 4.39 Å². The number of carbonyl (C=O) groups excluding carboxylic acids is 1. The maximum Gasteiger partial charge on any atom is 0.303 e. The van der Waals surface area contributed by atoms with Gasteiger partial charge in [0.1, 0.15) is 5.82 Å². The van der Waals surface area contributed by atoms with E-state index in [1.165, 1.54) is 24.3 Å². The van der Waals surface area contributed by atoms with Crippen LogP contribution < -0.4 is 0 Å². The normalized spacial score (nSPS) is 24.0. The summed E-state index contributed by atoms with van der Waals surface area (Å²) in [4.78, 5) is 28.1. The second kappa shape index (κ2) is 9.28. The Bertz CT molecular complexity index is 646. The lowest BCUT2D eigenvalue weighted by atomic mass is 9.81. The van der Waals surface area contributed by atoms with Gasteiger partial charge in [0.2, 0.25) is 0 Å². The van der Waals surface area contributed by atoms with Crippen molar-refractivity contribution in [1.29, 1.82) is 0 Å². The molecular weight excluding hydrogens is 351 g/mol. The maximum absolute atomic E-state index is 13.1. The van der Waals surface area contributed by atoms with E-state index in [4.69, 9.17) is 4.74 Å².